The third-order valence-electron chi connectivity index (χ3n) is 4.30. The average Bonchev–Trinajstić information content (AvgIpc) is 2.77. The van der Waals surface area contributed by atoms with E-state index in [9.17, 15) is 0 Å². The molecule has 0 aliphatic heterocycles. The zero-order valence-corrected chi connectivity index (χ0v) is 12.1. The molecule has 3 nitrogen and oxygen atoms in total. The summed E-state index contributed by atoms with van der Waals surface area (Å²) in [5.41, 5.74) is 2.53. The first-order chi connectivity index (χ1) is 8.74. The number of nitrogens with one attached hydrogen (secondary N) is 1. The van der Waals surface area contributed by atoms with Crippen LogP contribution < -0.4 is 5.32 Å². The monoisotopic (exact) mass is 249 g/mol. The maximum atomic E-state index is 4.55. The number of rotatable bonds is 5. The Hall–Kier alpha value is -0.830. The third kappa shape index (κ3) is 3.14. The Bertz CT molecular complexity index is 364. The number of aryl methyl sites for hydroxylation is 2. The minimum Gasteiger partial charge on any atom is -0.316 e. The molecule has 1 atom stereocenters. The molecule has 1 saturated carbocycles. The summed E-state index contributed by atoms with van der Waals surface area (Å²) >= 11 is 0. The minimum atomic E-state index is 0.617. The standard InChI is InChI=1S/C15H27N3/c1-4-18-14(10-12(2)17-18)11-15(16-3)13-8-6-5-7-9-13/h10,13,15-16H,4-9,11H2,1-3H3. The van der Waals surface area contributed by atoms with Crippen LogP contribution in [-0.2, 0) is 13.0 Å². The molecule has 0 saturated heterocycles. The maximum Gasteiger partial charge on any atom is 0.0596 e. The van der Waals surface area contributed by atoms with E-state index >= 15 is 0 Å². The fourth-order valence-corrected chi connectivity index (χ4v) is 3.30. The molecule has 0 aromatic carbocycles. The quantitative estimate of drug-likeness (QED) is 0.869. The smallest absolute Gasteiger partial charge is 0.0596 e. The molecule has 1 fully saturated rings. The molecule has 0 bridgehead atoms. The molecule has 3 heteroatoms. The predicted octanol–water partition coefficient (Wildman–Crippen LogP) is 2.92. The first kappa shape index (κ1) is 13.6. The fourth-order valence-electron chi connectivity index (χ4n) is 3.30. The summed E-state index contributed by atoms with van der Waals surface area (Å²) < 4.78 is 2.16. The molecule has 0 amide bonds. The van der Waals surface area contributed by atoms with Gasteiger partial charge in [0.2, 0.25) is 0 Å². The van der Waals surface area contributed by atoms with E-state index in [0.29, 0.717) is 6.04 Å². The normalized spacial score (nSPS) is 19.1. The second-order valence-electron chi connectivity index (χ2n) is 5.59. The van der Waals surface area contributed by atoms with Crippen molar-refractivity contribution in [3.8, 4) is 0 Å². The molecule has 18 heavy (non-hydrogen) atoms. The van der Waals surface area contributed by atoms with Gasteiger partial charge in [0, 0.05) is 24.7 Å². The van der Waals surface area contributed by atoms with Crippen molar-refractivity contribution in [1.29, 1.82) is 0 Å². The van der Waals surface area contributed by atoms with Crippen molar-refractivity contribution in [1.82, 2.24) is 15.1 Å². The lowest BCUT2D eigenvalue weighted by Crippen LogP contribution is -2.37. The summed E-state index contributed by atoms with van der Waals surface area (Å²) in [6, 6.07) is 2.86. The number of aromatic nitrogens is 2. The van der Waals surface area contributed by atoms with Gasteiger partial charge in [0.25, 0.3) is 0 Å². The van der Waals surface area contributed by atoms with Crippen molar-refractivity contribution in [2.24, 2.45) is 5.92 Å². The van der Waals surface area contributed by atoms with Gasteiger partial charge in [0.1, 0.15) is 0 Å². The Balaban J connectivity index is 2.04. The van der Waals surface area contributed by atoms with Gasteiger partial charge in [-0.2, -0.15) is 5.10 Å². The van der Waals surface area contributed by atoms with Gasteiger partial charge >= 0.3 is 0 Å². The van der Waals surface area contributed by atoms with E-state index in [-0.39, 0.29) is 0 Å². The second-order valence-corrected chi connectivity index (χ2v) is 5.59. The van der Waals surface area contributed by atoms with Gasteiger partial charge < -0.3 is 5.32 Å². The molecule has 102 valence electrons. The van der Waals surface area contributed by atoms with Crippen molar-refractivity contribution in [3.63, 3.8) is 0 Å². The molecule has 1 heterocycles. The SMILES string of the molecule is CCn1nc(C)cc1CC(NC)C1CCCCC1. The zero-order chi connectivity index (χ0) is 13.0. The Kier molecular flexibility index (Phi) is 4.81. The summed E-state index contributed by atoms with van der Waals surface area (Å²) in [6.07, 6.45) is 8.16. The van der Waals surface area contributed by atoms with E-state index in [4.69, 9.17) is 0 Å². The van der Waals surface area contributed by atoms with Crippen LogP contribution in [0.5, 0.6) is 0 Å². The lowest BCUT2D eigenvalue weighted by Gasteiger charge is -2.30. The summed E-state index contributed by atoms with van der Waals surface area (Å²) in [6.45, 7) is 5.24. The lowest BCUT2D eigenvalue weighted by atomic mass is 9.82. The fraction of sp³-hybridized carbons (Fsp3) is 0.800. The van der Waals surface area contributed by atoms with Crippen molar-refractivity contribution < 1.29 is 0 Å². The van der Waals surface area contributed by atoms with Gasteiger partial charge in [-0.15, -0.1) is 0 Å². The van der Waals surface area contributed by atoms with Crippen molar-refractivity contribution in [2.45, 2.75) is 65.0 Å². The van der Waals surface area contributed by atoms with Crippen LogP contribution in [0.4, 0.5) is 0 Å². The second kappa shape index (κ2) is 6.37. The highest BCUT2D eigenvalue weighted by Gasteiger charge is 2.23. The Labute approximate surface area is 111 Å². The summed E-state index contributed by atoms with van der Waals surface area (Å²) in [5, 5.41) is 8.09. The highest BCUT2D eigenvalue weighted by atomic mass is 15.3. The maximum absolute atomic E-state index is 4.55. The first-order valence-corrected chi connectivity index (χ1v) is 7.45. The van der Waals surface area contributed by atoms with E-state index in [0.717, 1.165) is 24.6 Å². The highest BCUT2D eigenvalue weighted by molar-refractivity contribution is 5.11. The van der Waals surface area contributed by atoms with Gasteiger partial charge in [0.05, 0.1) is 5.69 Å². The van der Waals surface area contributed by atoms with Crippen molar-refractivity contribution >= 4 is 0 Å². The molecule has 1 aliphatic carbocycles. The molecule has 1 unspecified atom stereocenters. The number of hydrogen-bond donors (Lipinski definition) is 1. The number of likely N-dealkylation sites (N-methyl/N-ethyl adjacent to an activating group) is 1. The van der Waals surface area contributed by atoms with E-state index in [1.807, 2.05) is 0 Å². The molecule has 1 aromatic heterocycles. The Morgan fingerprint density at radius 3 is 2.72 bits per heavy atom. The summed E-state index contributed by atoms with van der Waals surface area (Å²) in [7, 11) is 2.11. The van der Waals surface area contributed by atoms with Crippen molar-refractivity contribution in [2.75, 3.05) is 7.05 Å². The van der Waals surface area contributed by atoms with Crippen LogP contribution in [-0.4, -0.2) is 22.9 Å². The van der Waals surface area contributed by atoms with E-state index < -0.39 is 0 Å². The van der Waals surface area contributed by atoms with E-state index in [1.165, 1.54) is 37.8 Å². The van der Waals surface area contributed by atoms with Crippen LogP contribution in [0.2, 0.25) is 0 Å². The third-order valence-corrected chi connectivity index (χ3v) is 4.30. The van der Waals surface area contributed by atoms with Gasteiger partial charge in [-0.05, 0) is 45.7 Å². The van der Waals surface area contributed by atoms with Crippen LogP contribution >= 0.6 is 0 Å². The van der Waals surface area contributed by atoms with Gasteiger partial charge in [-0.25, -0.2) is 0 Å². The van der Waals surface area contributed by atoms with Crippen LogP contribution in [0.3, 0.4) is 0 Å². The van der Waals surface area contributed by atoms with Crippen LogP contribution in [0.25, 0.3) is 0 Å². The molecular formula is C15H27N3. The van der Waals surface area contributed by atoms with Gasteiger partial charge in [0.15, 0.2) is 0 Å². The average molecular weight is 249 g/mol. The Morgan fingerprint density at radius 2 is 2.11 bits per heavy atom. The number of nitrogens with zero attached hydrogens (tertiary/aromatic N) is 2. The van der Waals surface area contributed by atoms with Crippen LogP contribution in [0.15, 0.2) is 6.07 Å². The van der Waals surface area contributed by atoms with Crippen LogP contribution in [0.1, 0.15) is 50.4 Å². The molecule has 0 radical (unpaired) electrons. The van der Waals surface area contributed by atoms with Crippen LogP contribution in [0, 0.1) is 12.8 Å². The lowest BCUT2D eigenvalue weighted by molar-refractivity contribution is 0.273. The van der Waals surface area contributed by atoms with Gasteiger partial charge in [-0.3, -0.25) is 4.68 Å². The summed E-state index contributed by atoms with van der Waals surface area (Å²) in [5.74, 6) is 0.851. The number of hydrogen-bond acceptors (Lipinski definition) is 2. The zero-order valence-electron chi connectivity index (χ0n) is 12.1. The molecule has 2 rings (SSSR count). The first-order valence-electron chi connectivity index (χ1n) is 7.45. The largest absolute Gasteiger partial charge is 0.316 e. The topological polar surface area (TPSA) is 29.9 Å². The molecule has 1 aliphatic rings. The molecular weight excluding hydrogens is 222 g/mol. The molecule has 1 aromatic rings. The minimum absolute atomic E-state index is 0.617. The Morgan fingerprint density at radius 1 is 1.39 bits per heavy atom. The van der Waals surface area contributed by atoms with Crippen molar-refractivity contribution in [3.05, 3.63) is 17.5 Å². The molecule has 0 spiro atoms. The predicted molar refractivity (Wildman–Crippen MR) is 75.8 cm³/mol. The van der Waals surface area contributed by atoms with Gasteiger partial charge in [-0.1, -0.05) is 19.3 Å². The van der Waals surface area contributed by atoms with E-state index in [2.05, 4.69) is 42.1 Å². The summed E-state index contributed by atoms with van der Waals surface area (Å²) in [4.78, 5) is 0. The highest BCUT2D eigenvalue weighted by Crippen LogP contribution is 2.28. The molecule has 1 N–H and O–H groups in total. The van der Waals surface area contributed by atoms with E-state index in [1.54, 1.807) is 0 Å².